The standard InChI is InChI=1S/C15H18N4O2/c1-4-21-13-7-5-12(6-8-13)11(3)17-19-15(20)14-9-10(2)16-18-14/h5-9,17H,3-4H2,1-2H3,(H,16,18)(H,19,20). The molecule has 0 aliphatic heterocycles. The molecular weight excluding hydrogens is 268 g/mol. The molecule has 6 nitrogen and oxygen atoms in total. The number of rotatable bonds is 6. The summed E-state index contributed by atoms with van der Waals surface area (Å²) in [7, 11) is 0. The Labute approximate surface area is 123 Å². The number of carbonyl (C=O) groups is 1. The summed E-state index contributed by atoms with van der Waals surface area (Å²) in [6.07, 6.45) is 0. The van der Waals surface area contributed by atoms with E-state index in [1.807, 2.05) is 38.1 Å². The Bertz CT molecular complexity index is 631. The zero-order valence-corrected chi connectivity index (χ0v) is 12.1. The molecule has 0 saturated carbocycles. The first-order valence-corrected chi connectivity index (χ1v) is 6.60. The molecule has 0 fully saturated rings. The number of aromatic nitrogens is 2. The molecular formula is C15H18N4O2. The summed E-state index contributed by atoms with van der Waals surface area (Å²) in [5, 5.41) is 6.59. The number of ether oxygens (including phenoxy) is 1. The maximum Gasteiger partial charge on any atom is 0.290 e. The molecule has 1 aromatic carbocycles. The van der Waals surface area contributed by atoms with Gasteiger partial charge < -0.3 is 4.74 Å². The Hall–Kier alpha value is -2.76. The number of aryl methyl sites for hydroxylation is 1. The van der Waals surface area contributed by atoms with Gasteiger partial charge >= 0.3 is 0 Å². The molecule has 1 aromatic heterocycles. The van der Waals surface area contributed by atoms with Gasteiger partial charge in [0.15, 0.2) is 5.69 Å². The van der Waals surface area contributed by atoms with Crippen LogP contribution in [-0.2, 0) is 0 Å². The molecule has 0 radical (unpaired) electrons. The number of amides is 1. The average Bonchev–Trinajstić information content (AvgIpc) is 2.92. The van der Waals surface area contributed by atoms with Gasteiger partial charge in [0, 0.05) is 5.69 Å². The molecule has 0 unspecified atom stereocenters. The summed E-state index contributed by atoms with van der Waals surface area (Å²) in [5.74, 6) is 0.469. The van der Waals surface area contributed by atoms with E-state index in [2.05, 4.69) is 27.6 Å². The predicted octanol–water partition coefficient (Wildman–Crippen LogP) is 2.02. The maximum absolute atomic E-state index is 11.8. The molecule has 0 bridgehead atoms. The normalized spacial score (nSPS) is 10.0. The molecule has 6 heteroatoms. The number of benzene rings is 1. The number of H-pyrrole nitrogens is 1. The van der Waals surface area contributed by atoms with E-state index in [9.17, 15) is 4.79 Å². The number of aromatic amines is 1. The van der Waals surface area contributed by atoms with Crippen molar-refractivity contribution < 1.29 is 9.53 Å². The topological polar surface area (TPSA) is 79.0 Å². The van der Waals surface area contributed by atoms with Crippen LogP contribution in [0.3, 0.4) is 0 Å². The van der Waals surface area contributed by atoms with Crippen LogP contribution in [0.2, 0.25) is 0 Å². The summed E-state index contributed by atoms with van der Waals surface area (Å²) in [6.45, 7) is 8.26. The van der Waals surface area contributed by atoms with Gasteiger partial charge in [0.1, 0.15) is 5.75 Å². The van der Waals surface area contributed by atoms with Crippen LogP contribution >= 0.6 is 0 Å². The lowest BCUT2D eigenvalue weighted by atomic mass is 10.2. The molecule has 21 heavy (non-hydrogen) atoms. The van der Waals surface area contributed by atoms with E-state index in [-0.39, 0.29) is 5.91 Å². The Kier molecular flexibility index (Phi) is 4.61. The summed E-state index contributed by atoms with van der Waals surface area (Å²) in [4.78, 5) is 11.8. The van der Waals surface area contributed by atoms with E-state index in [1.165, 1.54) is 0 Å². The molecule has 1 amide bonds. The SMILES string of the molecule is C=C(NNC(=O)c1cc(C)[nH]n1)c1ccc(OCC)cc1. The third kappa shape index (κ3) is 3.85. The van der Waals surface area contributed by atoms with E-state index in [1.54, 1.807) is 6.07 Å². The summed E-state index contributed by atoms with van der Waals surface area (Å²) in [5.41, 5.74) is 7.90. The highest BCUT2D eigenvalue weighted by Crippen LogP contribution is 2.15. The van der Waals surface area contributed by atoms with Gasteiger partial charge in [-0.3, -0.25) is 20.7 Å². The molecule has 0 saturated heterocycles. The van der Waals surface area contributed by atoms with Gasteiger partial charge in [-0.1, -0.05) is 6.58 Å². The van der Waals surface area contributed by atoms with Gasteiger partial charge in [-0.25, -0.2) is 0 Å². The lowest BCUT2D eigenvalue weighted by molar-refractivity contribution is 0.0937. The molecule has 2 rings (SSSR count). The highest BCUT2D eigenvalue weighted by Gasteiger charge is 2.09. The molecule has 2 aromatic rings. The molecule has 0 aliphatic rings. The van der Waals surface area contributed by atoms with Crippen molar-refractivity contribution in [1.82, 2.24) is 21.0 Å². The minimum Gasteiger partial charge on any atom is -0.494 e. The maximum atomic E-state index is 11.8. The minimum atomic E-state index is -0.327. The van der Waals surface area contributed by atoms with Crippen LogP contribution in [0, 0.1) is 6.92 Å². The van der Waals surface area contributed by atoms with Gasteiger partial charge in [-0.05, 0) is 49.7 Å². The third-order valence-corrected chi connectivity index (χ3v) is 2.78. The largest absolute Gasteiger partial charge is 0.494 e. The molecule has 0 spiro atoms. The molecule has 1 heterocycles. The minimum absolute atomic E-state index is 0.319. The van der Waals surface area contributed by atoms with E-state index < -0.39 is 0 Å². The van der Waals surface area contributed by atoms with Crippen molar-refractivity contribution in [3.8, 4) is 5.75 Å². The van der Waals surface area contributed by atoms with Crippen LogP contribution in [0.1, 0.15) is 28.7 Å². The Balaban J connectivity index is 1.90. The Morgan fingerprint density at radius 3 is 2.62 bits per heavy atom. The van der Waals surface area contributed by atoms with Gasteiger partial charge in [-0.15, -0.1) is 0 Å². The van der Waals surface area contributed by atoms with E-state index in [0.717, 1.165) is 17.0 Å². The fourth-order valence-corrected chi connectivity index (χ4v) is 1.72. The summed E-state index contributed by atoms with van der Waals surface area (Å²) >= 11 is 0. The van der Waals surface area contributed by atoms with Crippen molar-refractivity contribution in [3.63, 3.8) is 0 Å². The number of hydrazine groups is 1. The summed E-state index contributed by atoms with van der Waals surface area (Å²) in [6, 6.07) is 9.10. The lowest BCUT2D eigenvalue weighted by Crippen LogP contribution is -2.36. The Morgan fingerprint density at radius 2 is 2.05 bits per heavy atom. The van der Waals surface area contributed by atoms with E-state index in [0.29, 0.717) is 18.0 Å². The second-order valence-electron chi connectivity index (χ2n) is 4.45. The molecule has 3 N–H and O–H groups in total. The number of carbonyl (C=O) groups excluding carboxylic acids is 1. The number of hydrogen-bond donors (Lipinski definition) is 3. The first kappa shape index (κ1) is 14.6. The fourth-order valence-electron chi connectivity index (χ4n) is 1.72. The highest BCUT2D eigenvalue weighted by atomic mass is 16.5. The first-order valence-electron chi connectivity index (χ1n) is 6.60. The zero-order chi connectivity index (χ0) is 15.2. The third-order valence-electron chi connectivity index (χ3n) is 2.78. The number of hydrogen-bond acceptors (Lipinski definition) is 4. The zero-order valence-electron chi connectivity index (χ0n) is 12.1. The monoisotopic (exact) mass is 286 g/mol. The van der Waals surface area contributed by atoms with Crippen molar-refractivity contribution in [2.75, 3.05) is 6.61 Å². The second-order valence-corrected chi connectivity index (χ2v) is 4.45. The van der Waals surface area contributed by atoms with E-state index >= 15 is 0 Å². The number of nitrogens with zero attached hydrogens (tertiary/aromatic N) is 1. The number of nitrogens with one attached hydrogen (secondary N) is 3. The van der Waals surface area contributed by atoms with Crippen molar-refractivity contribution >= 4 is 11.6 Å². The van der Waals surface area contributed by atoms with Crippen LogP contribution in [0.5, 0.6) is 5.75 Å². The van der Waals surface area contributed by atoms with Gasteiger partial charge in [-0.2, -0.15) is 5.10 Å². The van der Waals surface area contributed by atoms with Crippen LogP contribution in [0.15, 0.2) is 36.9 Å². The van der Waals surface area contributed by atoms with E-state index in [4.69, 9.17) is 4.74 Å². The second kappa shape index (κ2) is 6.60. The quantitative estimate of drug-likeness (QED) is 0.710. The van der Waals surface area contributed by atoms with Crippen LogP contribution < -0.4 is 15.6 Å². The fraction of sp³-hybridized carbons (Fsp3) is 0.200. The van der Waals surface area contributed by atoms with Crippen LogP contribution in [0.25, 0.3) is 5.70 Å². The van der Waals surface area contributed by atoms with Crippen LogP contribution in [0.4, 0.5) is 0 Å². The summed E-state index contributed by atoms with van der Waals surface area (Å²) < 4.78 is 5.37. The Morgan fingerprint density at radius 1 is 1.33 bits per heavy atom. The lowest BCUT2D eigenvalue weighted by Gasteiger charge is -2.11. The molecule has 0 atom stereocenters. The van der Waals surface area contributed by atoms with Gasteiger partial charge in [0.25, 0.3) is 5.91 Å². The average molecular weight is 286 g/mol. The van der Waals surface area contributed by atoms with Gasteiger partial charge in [0.2, 0.25) is 0 Å². The molecule has 0 aliphatic carbocycles. The van der Waals surface area contributed by atoms with Gasteiger partial charge in [0.05, 0.1) is 12.3 Å². The smallest absolute Gasteiger partial charge is 0.290 e. The first-order chi connectivity index (χ1) is 10.1. The van der Waals surface area contributed by atoms with Crippen molar-refractivity contribution in [3.05, 3.63) is 53.9 Å². The molecule has 110 valence electrons. The highest BCUT2D eigenvalue weighted by molar-refractivity contribution is 5.92. The van der Waals surface area contributed by atoms with Crippen molar-refractivity contribution in [1.29, 1.82) is 0 Å². The predicted molar refractivity (Wildman–Crippen MR) is 80.6 cm³/mol. The van der Waals surface area contributed by atoms with Crippen molar-refractivity contribution in [2.45, 2.75) is 13.8 Å². The van der Waals surface area contributed by atoms with Crippen molar-refractivity contribution in [2.24, 2.45) is 0 Å². The van der Waals surface area contributed by atoms with Crippen LogP contribution in [-0.4, -0.2) is 22.7 Å².